The molecular formula is C8H19ClN2OS. The first kappa shape index (κ1) is 13.5. The molecule has 1 aliphatic heterocycles. The maximum Gasteiger partial charge on any atom is 0.104 e. The highest BCUT2D eigenvalue weighted by molar-refractivity contribution is 7.81. The molecule has 1 saturated heterocycles. The van der Waals surface area contributed by atoms with Gasteiger partial charge in [-0.15, -0.1) is 12.4 Å². The Morgan fingerprint density at radius 1 is 1.69 bits per heavy atom. The molecule has 0 bridgehead atoms. The van der Waals surface area contributed by atoms with E-state index < -0.39 is 0 Å². The molecule has 0 amide bonds. The highest BCUT2D eigenvalue weighted by Crippen LogP contribution is 2.16. The Labute approximate surface area is 91.5 Å². The van der Waals surface area contributed by atoms with Crippen LogP contribution in [0, 0.1) is 0 Å². The van der Waals surface area contributed by atoms with E-state index in [1.165, 1.54) is 0 Å². The summed E-state index contributed by atoms with van der Waals surface area (Å²) in [6.45, 7) is 1.00. The van der Waals surface area contributed by atoms with Crippen molar-refractivity contribution in [2.45, 2.75) is 36.8 Å². The molecule has 1 rings (SSSR count). The molecule has 0 aliphatic carbocycles. The van der Waals surface area contributed by atoms with E-state index in [1.54, 1.807) is 7.05 Å². The van der Waals surface area contributed by atoms with E-state index in [9.17, 15) is 5.11 Å². The van der Waals surface area contributed by atoms with Crippen LogP contribution in [-0.2, 0) is 0 Å². The van der Waals surface area contributed by atoms with E-state index >= 15 is 0 Å². The minimum atomic E-state index is -0.356. The van der Waals surface area contributed by atoms with Crippen molar-refractivity contribution >= 4 is 25.0 Å². The summed E-state index contributed by atoms with van der Waals surface area (Å²) < 4.78 is 0. The maximum absolute atomic E-state index is 9.23. The first-order valence-corrected chi connectivity index (χ1v) is 5.00. The highest BCUT2D eigenvalue weighted by atomic mass is 35.5. The van der Waals surface area contributed by atoms with Crippen molar-refractivity contribution in [3.05, 3.63) is 0 Å². The van der Waals surface area contributed by atoms with Crippen LogP contribution in [0.25, 0.3) is 0 Å². The molecule has 1 aliphatic rings. The number of hydrogen-bond acceptors (Lipinski definition) is 4. The van der Waals surface area contributed by atoms with Gasteiger partial charge in [0.25, 0.3) is 0 Å². The first-order chi connectivity index (χ1) is 5.72. The summed E-state index contributed by atoms with van der Waals surface area (Å²) >= 11 is 4.38. The lowest BCUT2D eigenvalue weighted by atomic mass is 10.1. The summed E-state index contributed by atoms with van der Waals surface area (Å²) in [5, 5.41) is 15.9. The lowest BCUT2D eigenvalue weighted by Gasteiger charge is -2.13. The van der Waals surface area contributed by atoms with Gasteiger partial charge in [0.05, 0.1) is 0 Å². The average Bonchev–Trinajstić information content (AvgIpc) is 2.47. The molecule has 13 heavy (non-hydrogen) atoms. The molecule has 80 valence electrons. The van der Waals surface area contributed by atoms with Crippen LogP contribution in [0.1, 0.15) is 19.3 Å². The van der Waals surface area contributed by atoms with Crippen LogP contribution in [0.15, 0.2) is 0 Å². The zero-order valence-electron chi connectivity index (χ0n) is 7.86. The van der Waals surface area contributed by atoms with Gasteiger partial charge in [-0.3, -0.25) is 5.32 Å². The third-order valence-corrected chi connectivity index (χ3v) is 2.71. The molecule has 3 nitrogen and oxygen atoms in total. The van der Waals surface area contributed by atoms with Crippen molar-refractivity contribution in [3.63, 3.8) is 0 Å². The molecular weight excluding hydrogens is 208 g/mol. The molecule has 3 atom stereocenters. The van der Waals surface area contributed by atoms with Gasteiger partial charge in [0.15, 0.2) is 0 Å². The number of rotatable bonds is 4. The van der Waals surface area contributed by atoms with Gasteiger partial charge in [-0.25, -0.2) is 0 Å². The Morgan fingerprint density at radius 3 is 2.85 bits per heavy atom. The predicted octanol–water partition coefficient (Wildman–Crippen LogP) is 0.386. The standard InChI is InChI=1S/C8H18N2OS.ClH/c1-9-8(11)3-2-6-4-7(12)5-10-6;/h6-12H,2-5H2,1H3;1H/t6-,7-,8+;/m0./s1. The van der Waals surface area contributed by atoms with Gasteiger partial charge in [-0.2, -0.15) is 12.6 Å². The Morgan fingerprint density at radius 2 is 2.38 bits per heavy atom. The topological polar surface area (TPSA) is 44.3 Å². The summed E-state index contributed by atoms with van der Waals surface area (Å²) in [6, 6.07) is 0.551. The second kappa shape index (κ2) is 6.90. The smallest absolute Gasteiger partial charge is 0.104 e. The monoisotopic (exact) mass is 226 g/mol. The second-order valence-electron chi connectivity index (χ2n) is 3.38. The van der Waals surface area contributed by atoms with Gasteiger partial charge in [-0.1, -0.05) is 0 Å². The zero-order valence-corrected chi connectivity index (χ0v) is 9.57. The van der Waals surface area contributed by atoms with Gasteiger partial charge < -0.3 is 10.4 Å². The number of hydrogen-bond donors (Lipinski definition) is 4. The fraction of sp³-hybridized carbons (Fsp3) is 1.00. The van der Waals surface area contributed by atoms with Crippen LogP contribution >= 0.6 is 25.0 Å². The van der Waals surface area contributed by atoms with Gasteiger partial charge in [0.2, 0.25) is 0 Å². The molecule has 0 spiro atoms. The molecule has 0 saturated carbocycles. The summed E-state index contributed by atoms with van der Waals surface area (Å²) in [4.78, 5) is 0. The third kappa shape index (κ3) is 5.08. The average molecular weight is 227 g/mol. The van der Waals surface area contributed by atoms with Gasteiger partial charge >= 0.3 is 0 Å². The largest absolute Gasteiger partial charge is 0.379 e. The van der Waals surface area contributed by atoms with E-state index in [0.717, 1.165) is 25.8 Å². The van der Waals surface area contributed by atoms with Crippen molar-refractivity contribution < 1.29 is 5.11 Å². The Balaban J connectivity index is 0.00000144. The number of aliphatic hydroxyl groups is 1. The summed E-state index contributed by atoms with van der Waals surface area (Å²) in [5.74, 6) is 0. The fourth-order valence-electron chi connectivity index (χ4n) is 1.52. The van der Waals surface area contributed by atoms with E-state index in [-0.39, 0.29) is 18.6 Å². The number of thiol groups is 1. The first-order valence-electron chi connectivity index (χ1n) is 4.49. The number of aliphatic hydroxyl groups excluding tert-OH is 1. The van der Waals surface area contributed by atoms with E-state index in [2.05, 4.69) is 23.3 Å². The third-order valence-electron chi connectivity index (χ3n) is 2.32. The number of nitrogens with one attached hydrogen (secondary N) is 2. The number of halogens is 1. The predicted molar refractivity (Wildman–Crippen MR) is 60.7 cm³/mol. The van der Waals surface area contributed by atoms with Crippen LogP contribution in [0.4, 0.5) is 0 Å². The molecule has 0 unspecified atom stereocenters. The quantitative estimate of drug-likeness (QED) is 0.414. The van der Waals surface area contributed by atoms with Gasteiger partial charge in [0, 0.05) is 17.8 Å². The lowest BCUT2D eigenvalue weighted by molar-refractivity contribution is 0.131. The zero-order chi connectivity index (χ0) is 8.97. The Kier molecular flexibility index (Phi) is 7.17. The molecule has 0 radical (unpaired) electrons. The Bertz CT molecular complexity index is 139. The lowest BCUT2D eigenvalue weighted by Crippen LogP contribution is -2.28. The SMILES string of the molecule is CN[C@H](O)CC[C@H]1C[C@H](S)CN1.Cl. The molecule has 5 heteroatoms. The molecule has 0 aromatic heterocycles. The summed E-state index contributed by atoms with van der Waals surface area (Å²) in [5.41, 5.74) is 0. The normalized spacial score (nSPS) is 29.8. The summed E-state index contributed by atoms with van der Waals surface area (Å²) in [6.07, 6.45) is 2.61. The fourth-order valence-corrected chi connectivity index (χ4v) is 1.88. The molecule has 0 aromatic rings. The van der Waals surface area contributed by atoms with E-state index in [0.29, 0.717) is 11.3 Å². The van der Waals surface area contributed by atoms with E-state index in [4.69, 9.17) is 0 Å². The van der Waals surface area contributed by atoms with Crippen molar-refractivity contribution in [1.29, 1.82) is 0 Å². The van der Waals surface area contributed by atoms with Crippen molar-refractivity contribution in [2.24, 2.45) is 0 Å². The van der Waals surface area contributed by atoms with Crippen LogP contribution < -0.4 is 10.6 Å². The van der Waals surface area contributed by atoms with Crippen LogP contribution in [0.3, 0.4) is 0 Å². The van der Waals surface area contributed by atoms with Gasteiger partial charge in [0.1, 0.15) is 6.23 Å². The molecule has 3 N–H and O–H groups in total. The summed E-state index contributed by atoms with van der Waals surface area (Å²) in [7, 11) is 1.77. The molecule has 1 fully saturated rings. The minimum absolute atomic E-state index is 0. The van der Waals surface area contributed by atoms with Crippen molar-refractivity contribution in [2.75, 3.05) is 13.6 Å². The van der Waals surface area contributed by atoms with Crippen LogP contribution in [-0.4, -0.2) is 36.2 Å². The molecule has 1 heterocycles. The van der Waals surface area contributed by atoms with Crippen molar-refractivity contribution in [3.8, 4) is 0 Å². The van der Waals surface area contributed by atoms with E-state index in [1.807, 2.05) is 0 Å². The van der Waals surface area contributed by atoms with Gasteiger partial charge in [-0.05, 0) is 26.3 Å². The van der Waals surface area contributed by atoms with Crippen LogP contribution in [0.5, 0.6) is 0 Å². The molecule has 0 aromatic carbocycles. The van der Waals surface area contributed by atoms with Crippen LogP contribution in [0.2, 0.25) is 0 Å². The Hall–Kier alpha value is 0.520. The second-order valence-corrected chi connectivity index (χ2v) is 4.11. The maximum atomic E-state index is 9.23. The minimum Gasteiger partial charge on any atom is -0.379 e. The highest BCUT2D eigenvalue weighted by Gasteiger charge is 2.21. The van der Waals surface area contributed by atoms with Crippen molar-refractivity contribution in [1.82, 2.24) is 10.6 Å².